The molecule has 0 saturated heterocycles. The summed E-state index contributed by atoms with van der Waals surface area (Å²) in [5.74, 6) is 0. The third-order valence-electron chi connectivity index (χ3n) is 0.890. The maximum Gasteiger partial charge on any atom is 0.0524 e. The molecule has 0 radical (unpaired) electrons. The zero-order valence-corrected chi connectivity index (χ0v) is 7.74. The summed E-state index contributed by atoms with van der Waals surface area (Å²) < 4.78 is 0. The van der Waals surface area contributed by atoms with Gasteiger partial charge in [0.2, 0.25) is 0 Å². The Morgan fingerprint density at radius 1 is 1.09 bits per heavy atom. The van der Waals surface area contributed by atoms with E-state index in [4.69, 9.17) is 11.5 Å². The molecule has 0 aromatic rings. The largest absolute Gasteiger partial charge is 0.329 e. The van der Waals surface area contributed by atoms with Gasteiger partial charge in [0.05, 0.1) is 18.4 Å². The zero-order chi connectivity index (χ0) is 7.11. The lowest BCUT2D eigenvalue weighted by molar-refractivity contribution is 0.300. The van der Waals surface area contributed by atoms with Crippen molar-refractivity contribution in [3.05, 3.63) is 4.91 Å². The van der Waals surface area contributed by atoms with Gasteiger partial charge in [-0.2, -0.15) is 0 Å². The van der Waals surface area contributed by atoms with Gasteiger partial charge in [-0.25, -0.2) is 0 Å². The molecule has 0 amide bonds. The quantitative estimate of drug-likeness (QED) is 0.478. The van der Waals surface area contributed by atoms with Gasteiger partial charge in [-0.3, -0.25) is 5.01 Å². The van der Waals surface area contributed by atoms with Crippen LogP contribution in [0.2, 0.25) is 0 Å². The second-order valence-corrected chi connectivity index (χ2v) is 1.61. The van der Waals surface area contributed by atoms with Crippen LogP contribution in [0.4, 0.5) is 0 Å². The number of nitrogens with zero attached hydrogens (tertiary/aromatic N) is 2. The molecule has 0 heterocycles. The van der Waals surface area contributed by atoms with Gasteiger partial charge >= 0.3 is 0 Å². The van der Waals surface area contributed by atoms with Gasteiger partial charge in [0.25, 0.3) is 0 Å². The Hall–Kier alpha value is -0.100. The van der Waals surface area contributed by atoms with Crippen LogP contribution in [0.1, 0.15) is 0 Å². The van der Waals surface area contributed by atoms with Crippen molar-refractivity contribution < 1.29 is 0 Å². The molecule has 0 spiro atoms. The van der Waals surface area contributed by atoms with E-state index < -0.39 is 0 Å². The molecule has 0 aromatic carbocycles. The topological polar surface area (TPSA) is 84.7 Å². The first-order chi connectivity index (χ1) is 4.35. The molecule has 7 heteroatoms. The van der Waals surface area contributed by atoms with E-state index in [-0.39, 0.29) is 24.8 Å². The van der Waals surface area contributed by atoms with Crippen LogP contribution >= 0.6 is 24.8 Å². The molecule has 0 saturated carbocycles. The molecule has 70 valence electrons. The van der Waals surface area contributed by atoms with Crippen LogP contribution in [-0.4, -0.2) is 31.2 Å². The van der Waals surface area contributed by atoms with Gasteiger partial charge in [-0.05, 0) is 0 Å². The summed E-state index contributed by atoms with van der Waals surface area (Å²) in [6, 6.07) is 0. The maximum atomic E-state index is 9.85. The van der Waals surface area contributed by atoms with Crippen LogP contribution < -0.4 is 11.5 Å². The van der Waals surface area contributed by atoms with E-state index in [0.717, 1.165) is 0 Å². The molecular weight excluding hydrogens is 191 g/mol. The summed E-state index contributed by atoms with van der Waals surface area (Å²) in [5.41, 5.74) is 10.3. The normalized spacial score (nSPS) is 7.45. The van der Waals surface area contributed by atoms with Crippen molar-refractivity contribution in [2.24, 2.45) is 16.8 Å². The summed E-state index contributed by atoms with van der Waals surface area (Å²) in [6.07, 6.45) is 0. The SMILES string of the molecule is Cl.Cl.NCCN(CCN)N=O. The van der Waals surface area contributed by atoms with Crippen molar-refractivity contribution in [1.82, 2.24) is 5.01 Å². The second-order valence-electron chi connectivity index (χ2n) is 1.61. The first kappa shape index (κ1) is 17.1. The predicted molar refractivity (Wildman–Crippen MR) is 50.0 cm³/mol. The Kier molecular flexibility index (Phi) is 19.6. The van der Waals surface area contributed by atoms with E-state index in [1.54, 1.807) is 0 Å². The number of hydrogen-bond acceptors (Lipinski definition) is 4. The van der Waals surface area contributed by atoms with E-state index in [9.17, 15) is 4.91 Å². The van der Waals surface area contributed by atoms with Gasteiger partial charge in [0, 0.05) is 13.1 Å². The number of nitrogens with two attached hydrogens (primary N) is 2. The van der Waals surface area contributed by atoms with E-state index in [0.29, 0.717) is 26.2 Å². The molecule has 0 aliphatic carbocycles. The fourth-order valence-corrected chi connectivity index (χ4v) is 0.491. The molecule has 5 nitrogen and oxygen atoms in total. The number of rotatable bonds is 5. The molecule has 0 unspecified atom stereocenters. The highest BCUT2D eigenvalue weighted by atomic mass is 35.5. The Morgan fingerprint density at radius 3 is 1.64 bits per heavy atom. The smallest absolute Gasteiger partial charge is 0.0524 e. The van der Waals surface area contributed by atoms with E-state index >= 15 is 0 Å². The van der Waals surface area contributed by atoms with Gasteiger partial charge in [0.15, 0.2) is 0 Å². The Morgan fingerprint density at radius 2 is 1.45 bits per heavy atom. The van der Waals surface area contributed by atoms with Crippen LogP contribution in [0.5, 0.6) is 0 Å². The Labute approximate surface area is 78.2 Å². The van der Waals surface area contributed by atoms with Gasteiger partial charge in [-0.15, -0.1) is 29.7 Å². The van der Waals surface area contributed by atoms with Crippen LogP contribution in [0.3, 0.4) is 0 Å². The molecule has 0 fully saturated rings. The molecule has 0 atom stereocenters. The summed E-state index contributed by atoms with van der Waals surface area (Å²) >= 11 is 0. The zero-order valence-electron chi connectivity index (χ0n) is 6.10. The molecule has 0 aliphatic heterocycles. The minimum atomic E-state index is 0. The van der Waals surface area contributed by atoms with E-state index in [1.165, 1.54) is 5.01 Å². The minimum Gasteiger partial charge on any atom is -0.329 e. The molecule has 0 bridgehead atoms. The van der Waals surface area contributed by atoms with Crippen molar-refractivity contribution in [3.8, 4) is 0 Å². The molecule has 0 aromatic heterocycles. The van der Waals surface area contributed by atoms with Gasteiger partial charge < -0.3 is 11.5 Å². The summed E-state index contributed by atoms with van der Waals surface area (Å²) in [5, 5.41) is 4.00. The van der Waals surface area contributed by atoms with Crippen LogP contribution in [0, 0.1) is 4.91 Å². The third-order valence-corrected chi connectivity index (χ3v) is 0.890. The average molecular weight is 205 g/mol. The highest BCUT2D eigenvalue weighted by molar-refractivity contribution is 5.85. The molecule has 11 heavy (non-hydrogen) atoms. The van der Waals surface area contributed by atoms with Gasteiger partial charge in [-0.1, -0.05) is 0 Å². The highest BCUT2D eigenvalue weighted by Gasteiger charge is 1.96. The van der Waals surface area contributed by atoms with Crippen LogP contribution in [0.25, 0.3) is 0 Å². The summed E-state index contributed by atoms with van der Waals surface area (Å²) in [4.78, 5) is 9.85. The fraction of sp³-hybridized carbons (Fsp3) is 1.00. The van der Waals surface area contributed by atoms with Crippen LogP contribution in [-0.2, 0) is 0 Å². The van der Waals surface area contributed by atoms with Crippen molar-refractivity contribution >= 4 is 24.8 Å². The predicted octanol–water partition coefficient (Wildman–Crippen LogP) is -0.269. The van der Waals surface area contributed by atoms with Crippen molar-refractivity contribution in [2.75, 3.05) is 26.2 Å². The second kappa shape index (κ2) is 12.6. The summed E-state index contributed by atoms with van der Waals surface area (Å²) in [6.45, 7) is 1.85. The highest BCUT2D eigenvalue weighted by Crippen LogP contribution is 1.82. The number of halogens is 2. The lowest BCUT2D eigenvalue weighted by Gasteiger charge is -2.10. The average Bonchev–Trinajstić information content (AvgIpc) is 1.88. The van der Waals surface area contributed by atoms with Crippen molar-refractivity contribution in [2.45, 2.75) is 0 Å². The third kappa shape index (κ3) is 9.90. The first-order valence-electron chi connectivity index (χ1n) is 2.83. The number of nitroso groups, excluding NO2 is 1. The molecule has 0 rings (SSSR count). The molecular formula is C4H14Cl2N4O. The molecule has 4 N–H and O–H groups in total. The van der Waals surface area contributed by atoms with Crippen molar-refractivity contribution in [3.63, 3.8) is 0 Å². The number of hydrogen-bond donors (Lipinski definition) is 2. The lowest BCUT2D eigenvalue weighted by atomic mass is 10.5. The summed E-state index contributed by atoms with van der Waals surface area (Å²) in [7, 11) is 0. The van der Waals surface area contributed by atoms with Crippen molar-refractivity contribution in [1.29, 1.82) is 0 Å². The van der Waals surface area contributed by atoms with E-state index in [2.05, 4.69) is 5.29 Å². The standard InChI is InChI=1S/C4H12N4O.2ClH/c5-1-3-8(7-9)4-2-6;;/h1-6H2;2*1H. The Bertz CT molecular complexity index is 78.5. The molecule has 0 aliphatic rings. The lowest BCUT2D eigenvalue weighted by Crippen LogP contribution is -2.29. The fourth-order valence-electron chi connectivity index (χ4n) is 0.491. The van der Waals surface area contributed by atoms with Crippen LogP contribution in [0.15, 0.2) is 5.29 Å². The monoisotopic (exact) mass is 204 g/mol. The maximum absolute atomic E-state index is 9.85. The van der Waals surface area contributed by atoms with E-state index in [1.807, 2.05) is 0 Å². The Balaban J connectivity index is -0.000000320. The minimum absolute atomic E-state index is 0. The first-order valence-corrected chi connectivity index (χ1v) is 2.83. The van der Waals surface area contributed by atoms with Gasteiger partial charge in [0.1, 0.15) is 0 Å².